The smallest absolute Gasteiger partial charge is 0.419 e. The highest BCUT2D eigenvalue weighted by Gasteiger charge is 2.34. The predicted octanol–water partition coefficient (Wildman–Crippen LogP) is 4.48. The van der Waals surface area contributed by atoms with Gasteiger partial charge in [-0.2, -0.15) is 13.2 Å². The van der Waals surface area contributed by atoms with E-state index in [1.54, 1.807) is 18.2 Å². The summed E-state index contributed by atoms with van der Waals surface area (Å²) in [6.07, 6.45) is -4.79. The van der Waals surface area contributed by atoms with Crippen LogP contribution >= 0.6 is 0 Å². The highest BCUT2D eigenvalue weighted by atomic mass is 19.4. The molecule has 0 fully saturated rings. The number of amides is 2. The predicted molar refractivity (Wildman–Crippen MR) is 85.0 cm³/mol. The number of hydrogen-bond donors (Lipinski definition) is 2. The molecule has 2 rings (SSSR count). The zero-order chi connectivity index (χ0) is 18.6. The average molecular weight is 356 g/mol. The van der Waals surface area contributed by atoms with E-state index >= 15 is 0 Å². The molecule has 0 aromatic heterocycles. The van der Waals surface area contributed by atoms with Crippen LogP contribution in [-0.4, -0.2) is 13.1 Å². The number of alkyl halides is 3. The molecular weight excluding hydrogens is 340 g/mol. The Kier molecular flexibility index (Phi) is 5.51. The Labute approximate surface area is 141 Å². The van der Waals surface area contributed by atoms with Crippen LogP contribution in [0.1, 0.15) is 16.7 Å². The molecule has 0 unspecified atom stereocenters. The van der Waals surface area contributed by atoms with Gasteiger partial charge >= 0.3 is 12.2 Å². The summed E-state index contributed by atoms with van der Waals surface area (Å²) in [6.45, 7) is 1.43. The van der Waals surface area contributed by atoms with Crippen molar-refractivity contribution in [3.05, 3.63) is 58.9 Å². The largest absolute Gasteiger partial charge is 0.495 e. The van der Waals surface area contributed by atoms with Gasteiger partial charge in [0.15, 0.2) is 0 Å². The first-order valence-electron chi connectivity index (χ1n) is 7.26. The van der Waals surface area contributed by atoms with Crippen LogP contribution in [0.25, 0.3) is 0 Å². The van der Waals surface area contributed by atoms with Crippen molar-refractivity contribution < 1.29 is 27.1 Å². The fraction of sp³-hybridized carbons (Fsp3) is 0.235. The Hall–Kier alpha value is -2.77. The van der Waals surface area contributed by atoms with E-state index in [-0.39, 0.29) is 5.56 Å². The van der Waals surface area contributed by atoms with Gasteiger partial charge in [0.2, 0.25) is 0 Å². The Morgan fingerprint density at radius 1 is 1.20 bits per heavy atom. The normalized spacial score (nSPS) is 11.1. The van der Waals surface area contributed by atoms with Gasteiger partial charge < -0.3 is 15.4 Å². The molecule has 0 aliphatic carbocycles. The van der Waals surface area contributed by atoms with Crippen LogP contribution in [0.4, 0.5) is 28.0 Å². The minimum absolute atomic E-state index is 0.263. The lowest BCUT2D eigenvalue weighted by Gasteiger charge is -2.13. The molecule has 0 bridgehead atoms. The fourth-order valence-corrected chi connectivity index (χ4v) is 2.20. The van der Waals surface area contributed by atoms with E-state index in [4.69, 9.17) is 4.74 Å². The molecule has 2 aromatic rings. The minimum atomic E-state index is -4.79. The highest BCUT2D eigenvalue weighted by Crippen LogP contribution is 2.32. The van der Waals surface area contributed by atoms with Crippen molar-refractivity contribution in [1.82, 2.24) is 5.32 Å². The maximum Gasteiger partial charge on any atom is 0.419 e. The van der Waals surface area contributed by atoms with Crippen LogP contribution in [0.2, 0.25) is 0 Å². The summed E-state index contributed by atoms with van der Waals surface area (Å²) in [6, 6.07) is 7.35. The maximum absolute atomic E-state index is 13.9. The van der Waals surface area contributed by atoms with Crippen molar-refractivity contribution in [3.63, 3.8) is 0 Å². The molecule has 0 atom stereocenters. The monoisotopic (exact) mass is 356 g/mol. The summed E-state index contributed by atoms with van der Waals surface area (Å²) in [7, 11) is 1.44. The number of aryl methyl sites for hydroxylation is 1. The number of urea groups is 1. The number of carbonyl (C=O) groups is 1. The van der Waals surface area contributed by atoms with Crippen molar-refractivity contribution in [3.8, 4) is 5.75 Å². The number of benzene rings is 2. The number of carbonyl (C=O) groups excluding carboxylic acids is 1. The Balaban J connectivity index is 2.07. The van der Waals surface area contributed by atoms with Crippen molar-refractivity contribution >= 4 is 11.7 Å². The molecule has 0 saturated carbocycles. The van der Waals surface area contributed by atoms with E-state index in [9.17, 15) is 22.4 Å². The van der Waals surface area contributed by atoms with Gasteiger partial charge in [0.25, 0.3) is 0 Å². The number of anilines is 1. The standard InChI is InChI=1S/C17H16F4N2O2/c1-10-6-7-14(25-2)13(8-10)23-16(24)22-9-11-4-3-5-12(15(11)18)17(19,20)21/h3-8H,9H2,1-2H3,(H2,22,23,24). The van der Waals surface area contributed by atoms with Crippen LogP contribution in [0.3, 0.4) is 0 Å². The first kappa shape index (κ1) is 18.6. The highest BCUT2D eigenvalue weighted by molar-refractivity contribution is 5.91. The van der Waals surface area contributed by atoms with Crippen LogP contribution in [0.15, 0.2) is 36.4 Å². The van der Waals surface area contributed by atoms with E-state index in [2.05, 4.69) is 10.6 Å². The maximum atomic E-state index is 13.9. The quantitative estimate of drug-likeness (QED) is 0.794. The van der Waals surface area contributed by atoms with Crippen LogP contribution in [0, 0.1) is 12.7 Å². The van der Waals surface area contributed by atoms with Gasteiger partial charge in [-0.1, -0.05) is 18.2 Å². The third-order valence-electron chi connectivity index (χ3n) is 3.43. The molecular formula is C17H16F4N2O2. The van der Waals surface area contributed by atoms with Gasteiger partial charge in [-0.3, -0.25) is 0 Å². The minimum Gasteiger partial charge on any atom is -0.495 e. The Morgan fingerprint density at radius 2 is 1.92 bits per heavy atom. The van der Waals surface area contributed by atoms with Gasteiger partial charge in [0, 0.05) is 12.1 Å². The molecule has 0 aliphatic rings. The van der Waals surface area contributed by atoms with Crippen molar-refractivity contribution in [2.45, 2.75) is 19.6 Å². The van der Waals surface area contributed by atoms with Gasteiger partial charge in [-0.15, -0.1) is 0 Å². The summed E-state index contributed by atoms with van der Waals surface area (Å²) < 4.78 is 57.1. The molecule has 2 aromatic carbocycles. The zero-order valence-corrected chi connectivity index (χ0v) is 13.5. The van der Waals surface area contributed by atoms with E-state index in [1.807, 2.05) is 6.92 Å². The summed E-state index contributed by atoms with van der Waals surface area (Å²) in [5, 5.41) is 4.84. The third-order valence-corrected chi connectivity index (χ3v) is 3.43. The molecule has 0 aliphatic heterocycles. The molecule has 8 heteroatoms. The molecule has 0 heterocycles. The summed E-state index contributed by atoms with van der Waals surface area (Å²) >= 11 is 0. The van der Waals surface area contributed by atoms with E-state index in [1.165, 1.54) is 13.2 Å². The second kappa shape index (κ2) is 7.42. The van der Waals surface area contributed by atoms with Gasteiger partial charge in [-0.05, 0) is 30.7 Å². The third kappa shape index (κ3) is 4.62. The van der Waals surface area contributed by atoms with Crippen LogP contribution in [-0.2, 0) is 12.7 Å². The van der Waals surface area contributed by atoms with Crippen molar-refractivity contribution in [2.75, 3.05) is 12.4 Å². The lowest BCUT2D eigenvalue weighted by Crippen LogP contribution is -2.29. The molecule has 4 nitrogen and oxygen atoms in total. The number of halogens is 4. The molecule has 2 amide bonds. The molecule has 0 spiro atoms. The van der Waals surface area contributed by atoms with Crippen LogP contribution < -0.4 is 15.4 Å². The molecule has 0 radical (unpaired) electrons. The first-order chi connectivity index (χ1) is 11.7. The first-order valence-corrected chi connectivity index (χ1v) is 7.26. The van der Waals surface area contributed by atoms with Crippen molar-refractivity contribution in [2.24, 2.45) is 0 Å². The van der Waals surface area contributed by atoms with Crippen molar-refractivity contribution in [1.29, 1.82) is 0 Å². The van der Waals surface area contributed by atoms with E-state index in [0.717, 1.165) is 11.6 Å². The zero-order valence-electron chi connectivity index (χ0n) is 13.5. The fourth-order valence-electron chi connectivity index (χ4n) is 2.20. The number of nitrogens with one attached hydrogen (secondary N) is 2. The van der Waals surface area contributed by atoms with Gasteiger partial charge in [0.1, 0.15) is 11.6 Å². The Morgan fingerprint density at radius 3 is 2.56 bits per heavy atom. The lowest BCUT2D eigenvalue weighted by atomic mass is 10.1. The second-order valence-corrected chi connectivity index (χ2v) is 5.29. The molecule has 0 saturated heterocycles. The second-order valence-electron chi connectivity index (χ2n) is 5.29. The SMILES string of the molecule is COc1ccc(C)cc1NC(=O)NCc1cccc(C(F)(F)F)c1F. The topological polar surface area (TPSA) is 50.4 Å². The molecule has 25 heavy (non-hydrogen) atoms. The lowest BCUT2D eigenvalue weighted by molar-refractivity contribution is -0.140. The summed E-state index contributed by atoms with van der Waals surface area (Å²) in [5.41, 5.74) is -0.363. The van der Waals surface area contributed by atoms with Gasteiger partial charge in [0.05, 0.1) is 18.4 Å². The van der Waals surface area contributed by atoms with E-state index in [0.29, 0.717) is 17.5 Å². The molecule has 134 valence electrons. The number of ether oxygens (including phenoxy) is 1. The molecule has 2 N–H and O–H groups in total. The average Bonchev–Trinajstić information content (AvgIpc) is 2.53. The van der Waals surface area contributed by atoms with Crippen LogP contribution in [0.5, 0.6) is 5.75 Å². The van der Waals surface area contributed by atoms with E-state index < -0.39 is 30.1 Å². The van der Waals surface area contributed by atoms with Gasteiger partial charge in [-0.25, -0.2) is 9.18 Å². The summed E-state index contributed by atoms with van der Waals surface area (Å²) in [4.78, 5) is 11.9. The number of methoxy groups -OCH3 is 1. The number of hydrogen-bond acceptors (Lipinski definition) is 2. The number of rotatable bonds is 4. The summed E-state index contributed by atoms with van der Waals surface area (Å²) in [5.74, 6) is -0.977. The Bertz CT molecular complexity index is 776.